The second-order valence-electron chi connectivity index (χ2n) is 5.25. The third-order valence-corrected chi connectivity index (χ3v) is 4.92. The molecule has 1 aromatic carbocycles. The maximum atomic E-state index is 6.42. The summed E-state index contributed by atoms with van der Waals surface area (Å²) in [6.07, 6.45) is 2.48. The van der Waals surface area contributed by atoms with Gasteiger partial charge in [-0.3, -0.25) is 0 Å². The molecule has 5 heteroatoms. The summed E-state index contributed by atoms with van der Waals surface area (Å²) in [5.74, 6) is 0.633. The van der Waals surface area contributed by atoms with E-state index in [4.69, 9.17) is 16.3 Å². The first-order valence-corrected chi connectivity index (χ1v) is 8.48. The van der Waals surface area contributed by atoms with E-state index in [1.54, 1.807) is 19.4 Å². The van der Waals surface area contributed by atoms with Crippen LogP contribution in [-0.2, 0) is 0 Å². The summed E-state index contributed by atoms with van der Waals surface area (Å²) >= 11 is 10.1. The molecule has 23 heavy (non-hydrogen) atoms. The van der Waals surface area contributed by atoms with Crippen LogP contribution < -0.4 is 10.1 Å². The number of ether oxygens (including phenoxy) is 1. The van der Waals surface area contributed by atoms with Crippen LogP contribution in [0.4, 0.5) is 0 Å². The molecule has 3 nitrogen and oxygen atoms in total. The van der Waals surface area contributed by atoms with Gasteiger partial charge in [-0.2, -0.15) is 0 Å². The van der Waals surface area contributed by atoms with Crippen molar-refractivity contribution in [3.05, 3.63) is 71.2 Å². The second kappa shape index (κ2) is 6.77. The molecule has 1 N–H and O–H groups in total. The standard InChI is InChI=1S/C18H16BrClN2O/c1-11-15(19)9-14(12-6-4-3-5-7-12)17(22-11)18-16(20)8-13(23-2)10-21-18/h3-8,10,15,22H,1,9H2,2H3. The number of aromatic nitrogens is 1. The summed E-state index contributed by atoms with van der Waals surface area (Å²) in [4.78, 5) is 4.64. The van der Waals surface area contributed by atoms with E-state index in [9.17, 15) is 0 Å². The van der Waals surface area contributed by atoms with E-state index < -0.39 is 0 Å². The number of methoxy groups -OCH3 is 1. The number of hydrogen-bond acceptors (Lipinski definition) is 3. The minimum absolute atomic E-state index is 0.165. The monoisotopic (exact) mass is 390 g/mol. The van der Waals surface area contributed by atoms with Gasteiger partial charge < -0.3 is 10.1 Å². The lowest BCUT2D eigenvalue weighted by Crippen LogP contribution is -2.26. The van der Waals surface area contributed by atoms with Gasteiger partial charge in [0, 0.05) is 11.8 Å². The molecule has 0 amide bonds. The lowest BCUT2D eigenvalue weighted by Gasteiger charge is -2.28. The second-order valence-corrected chi connectivity index (χ2v) is 6.76. The van der Waals surface area contributed by atoms with Crippen LogP contribution in [0.5, 0.6) is 5.75 Å². The molecule has 0 fully saturated rings. The maximum Gasteiger partial charge on any atom is 0.138 e. The Morgan fingerprint density at radius 1 is 1.35 bits per heavy atom. The predicted molar refractivity (Wildman–Crippen MR) is 98.7 cm³/mol. The third-order valence-electron chi connectivity index (χ3n) is 3.76. The Balaban J connectivity index is 2.16. The largest absolute Gasteiger partial charge is 0.495 e. The van der Waals surface area contributed by atoms with Crippen molar-refractivity contribution in [3.63, 3.8) is 0 Å². The molecule has 1 aliphatic heterocycles. The van der Waals surface area contributed by atoms with Crippen molar-refractivity contribution in [1.82, 2.24) is 10.3 Å². The van der Waals surface area contributed by atoms with Gasteiger partial charge in [0.1, 0.15) is 11.4 Å². The maximum absolute atomic E-state index is 6.42. The first kappa shape index (κ1) is 16.1. The van der Waals surface area contributed by atoms with E-state index in [0.717, 1.165) is 29.0 Å². The molecule has 1 aromatic heterocycles. The molecule has 1 atom stereocenters. The number of benzene rings is 1. The fraction of sp³-hybridized carbons (Fsp3) is 0.167. The molecule has 2 heterocycles. The highest BCUT2D eigenvalue weighted by molar-refractivity contribution is 9.09. The minimum atomic E-state index is 0.165. The van der Waals surface area contributed by atoms with Crippen molar-refractivity contribution in [3.8, 4) is 5.75 Å². The average molecular weight is 392 g/mol. The van der Waals surface area contributed by atoms with Crippen molar-refractivity contribution >= 4 is 38.8 Å². The molecule has 0 radical (unpaired) electrons. The van der Waals surface area contributed by atoms with Gasteiger partial charge >= 0.3 is 0 Å². The van der Waals surface area contributed by atoms with E-state index in [-0.39, 0.29) is 4.83 Å². The van der Waals surface area contributed by atoms with Gasteiger partial charge in [-0.1, -0.05) is 64.4 Å². The topological polar surface area (TPSA) is 34.2 Å². The lowest BCUT2D eigenvalue weighted by molar-refractivity contribution is 0.413. The fourth-order valence-corrected chi connectivity index (χ4v) is 3.23. The summed E-state index contributed by atoms with van der Waals surface area (Å²) in [5, 5.41) is 3.90. The zero-order chi connectivity index (χ0) is 16.4. The number of allylic oxidation sites excluding steroid dienone is 2. The Morgan fingerprint density at radius 3 is 2.74 bits per heavy atom. The quantitative estimate of drug-likeness (QED) is 0.757. The molecule has 0 bridgehead atoms. The van der Waals surface area contributed by atoms with Gasteiger partial charge in [0.05, 0.1) is 28.9 Å². The fourth-order valence-electron chi connectivity index (χ4n) is 2.54. The Hall–Kier alpha value is -1.78. The molecular weight excluding hydrogens is 376 g/mol. The minimum Gasteiger partial charge on any atom is -0.495 e. The molecule has 118 valence electrons. The highest BCUT2D eigenvalue weighted by atomic mass is 79.9. The van der Waals surface area contributed by atoms with E-state index in [1.165, 1.54) is 0 Å². The van der Waals surface area contributed by atoms with Crippen LogP contribution in [0.2, 0.25) is 5.02 Å². The highest BCUT2D eigenvalue weighted by Gasteiger charge is 2.25. The zero-order valence-electron chi connectivity index (χ0n) is 12.6. The number of alkyl halides is 1. The van der Waals surface area contributed by atoms with Crippen molar-refractivity contribution < 1.29 is 4.74 Å². The average Bonchev–Trinajstić information content (AvgIpc) is 2.57. The Bertz CT molecular complexity index is 774. The van der Waals surface area contributed by atoms with Crippen LogP contribution >= 0.6 is 27.5 Å². The summed E-state index contributed by atoms with van der Waals surface area (Å²) in [6, 6.07) is 12.0. The first-order valence-electron chi connectivity index (χ1n) is 7.18. The van der Waals surface area contributed by atoms with E-state index >= 15 is 0 Å². The van der Waals surface area contributed by atoms with E-state index in [2.05, 4.69) is 44.9 Å². The SMILES string of the molecule is C=C1NC(c2ncc(OC)cc2Cl)=C(c2ccccc2)CC1Br. The number of halogens is 2. The first-order chi connectivity index (χ1) is 11.1. The van der Waals surface area contributed by atoms with Gasteiger partial charge in [-0.15, -0.1) is 0 Å². The molecule has 2 aromatic rings. The Labute approximate surface area is 149 Å². The molecule has 0 aliphatic carbocycles. The molecule has 1 aliphatic rings. The molecular formula is C18H16BrClN2O. The molecule has 0 saturated heterocycles. The van der Waals surface area contributed by atoms with Crippen molar-refractivity contribution in [2.24, 2.45) is 0 Å². The van der Waals surface area contributed by atoms with Gasteiger partial charge in [-0.25, -0.2) is 4.98 Å². The van der Waals surface area contributed by atoms with Crippen molar-refractivity contribution in [2.75, 3.05) is 7.11 Å². The third kappa shape index (κ3) is 3.28. The van der Waals surface area contributed by atoms with Crippen LogP contribution in [0, 0.1) is 0 Å². The predicted octanol–water partition coefficient (Wildman–Crippen LogP) is 4.88. The van der Waals surface area contributed by atoms with Crippen LogP contribution in [-0.4, -0.2) is 16.9 Å². The smallest absolute Gasteiger partial charge is 0.138 e. The summed E-state index contributed by atoms with van der Waals surface area (Å²) in [7, 11) is 1.60. The van der Waals surface area contributed by atoms with Gasteiger partial charge in [-0.05, 0) is 17.6 Å². The van der Waals surface area contributed by atoms with E-state index in [0.29, 0.717) is 16.5 Å². The Kier molecular flexibility index (Phi) is 4.74. The number of nitrogens with one attached hydrogen (secondary N) is 1. The summed E-state index contributed by atoms with van der Waals surface area (Å²) < 4.78 is 5.18. The molecule has 0 spiro atoms. The normalized spacial score (nSPS) is 17.9. The van der Waals surface area contributed by atoms with Crippen molar-refractivity contribution in [2.45, 2.75) is 11.2 Å². The summed E-state index contributed by atoms with van der Waals surface area (Å²) in [6.45, 7) is 4.07. The van der Waals surface area contributed by atoms with Crippen LogP contribution in [0.1, 0.15) is 17.7 Å². The molecule has 3 rings (SSSR count). The highest BCUT2D eigenvalue weighted by Crippen LogP contribution is 2.38. The van der Waals surface area contributed by atoms with Gasteiger partial charge in [0.2, 0.25) is 0 Å². The van der Waals surface area contributed by atoms with Crippen LogP contribution in [0.3, 0.4) is 0 Å². The van der Waals surface area contributed by atoms with Crippen LogP contribution in [0.15, 0.2) is 54.9 Å². The van der Waals surface area contributed by atoms with E-state index in [1.807, 2.05) is 18.2 Å². The van der Waals surface area contributed by atoms with Gasteiger partial charge in [0.15, 0.2) is 0 Å². The van der Waals surface area contributed by atoms with Crippen LogP contribution in [0.25, 0.3) is 11.3 Å². The zero-order valence-corrected chi connectivity index (χ0v) is 15.0. The number of nitrogens with zero attached hydrogens (tertiary/aromatic N) is 1. The number of pyridine rings is 1. The van der Waals surface area contributed by atoms with Crippen molar-refractivity contribution in [1.29, 1.82) is 0 Å². The number of rotatable bonds is 3. The number of hydrogen-bond donors (Lipinski definition) is 1. The Morgan fingerprint density at radius 2 is 2.09 bits per heavy atom. The molecule has 0 saturated carbocycles. The van der Waals surface area contributed by atoms with Gasteiger partial charge in [0.25, 0.3) is 0 Å². The molecule has 1 unspecified atom stereocenters. The summed E-state index contributed by atoms with van der Waals surface area (Å²) in [5.41, 5.74) is 4.78. The lowest BCUT2D eigenvalue weighted by atomic mass is 9.93.